The van der Waals surface area contributed by atoms with Crippen LogP contribution < -0.4 is 0 Å². The van der Waals surface area contributed by atoms with Crippen LogP contribution in [0.3, 0.4) is 0 Å². The van der Waals surface area contributed by atoms with E-state index in [1.54, 1.807) is 13.2 Å². The van der Waals surface area contributed by atoms with Crippen molar-refractivity contribution in [2.24, 2.45) is 16.7 Å². The molecule has 1 unspecified atom stereocenters. The summed E-state index contributed by atoms with van der Waals surface area (Å²) in [5.41, 5.74) is -0.0122. The van der Waals surface area contributed by atoms with Crippen LogP contribution in [0.15, 0.2) is 0 Å². The summed E-state index contributed by atoms with van der Waals surface area (Å²) >= 11 is 0. The topological polar surface area (TPSA) is 34.1 Å². The number of rotatable bonds is 7. The molecular formula is C19H38O2Y-2. The van der Waals surface area contributed by atoms with Crippen LogP contribution in [0.1, 0.15) is 94.4 Å². The zero-order valence-electron chi connectivity index (χ0n) is 16.5. The molecule has 0 fully saturated rings. The van der Waals surface area contributed by atoms with E-state index in [4.69, 9.17) is 0 Å². The minimum atomic E-state index is -0.595. The molecule has 22 heavy (non-hydrogen) atoms. The third kappa shape index (κ3) is 22.7. The molecule has 0 bridgehead atoms. The van der Waals surface area contributed by atoms with Crippen molar-refractivity contribution < 1.29 is 42.3 Å². The molecule has 0 aliphatic rings. The van der Waals surface area contributed by atoms with Crippen molar-refractivity contribution in [2.45, 2.75) is 94.4 Å². The average Bonchev–Trinajstić information content (AvgIpc) is 2.48. The Morgan fingerprint density at radius 1 is 0.864 bits per heavy atom. The Kier molecular flexibility index (Phi) is 24.5. The van der Waals surface area contributed by atoms with E-state index in [2.05, 4.69) is 48.5 Å². The molecule has 0 saturated heterocycles. The van der Waals surface area contributed by atoms with Crippen molar-refractivity contribution >= 4 is 12.6 Å². The van der Waals surface area contributed by atoms with Crippen LogP contribution in [-0.2, 0) is 42.3 Å². The maximum absolute atomic E-state index is 10.1. The minimum absolute atomic E-state index is 0. The van der Waals surface area contributed by atoms with Crippen molar-refractivity contribution in [3.8, 4) is 0 Å². The fourth-order valence-corrected chi connectivity index (χ4v) is 0.643. The van der Waals surface area contributed by atoms with Crippen molar-refractivity contribution in [1.29, 1.82) is 0 Å². The van der Waals surface area contributed by atoms with Crippen LogP contribution in [-0.4, -0.2) is 12.6 Å². The number of hydrogen-bond acceptors (Lipinski definition) is 2. The Balaban J connectivity index is -0.000000113. The quantitative estimate of drug-likeness (QED) is 0.510. The zero-order chi connectivity index (χ0) is 17.5. The average molecular weight is 387 g/mol. The Morgan fingerprint density at radius 2 is 1.23 bits per heavy atom. The first kappa shape index (κ1) is 30.3. The Bertz CT molecular complexity index is 244. The van der Waals surface area contributed by atoms with Gasteiger partial charge in [0.2, 0.25) is 0 Å². The Labute approximate surface area is 165 Å². The molecular weight excluding hydrogens is 349 g/mol. The second-order valence-corrected chi connectivity index (χ2v) is 7.01. The van der Waals surface area contributed by atoms with Gasteiger partial charge < -0.3 is 9.59 Å². The van der Waals surface area contributed by atoms with E-state index in [1.807, 2.05) is 13.2 Å². The summed E-state index contributed by atoms with van der Waals surface area (Å²) in [7, 11) is 0. The maximum Gasteiger partial charge on any atom is 0 e. The van der Waals surface area contributed by atoms with Gasteiger partial charge in [0.15, 0.2) is 0 Å². The van der Waals surface area contributed by atoms with Crippen LogP contribution >= 0.6 is 0 Å². The first-order chi connectivity index (χ1) is 9.57. The molecule has 0 aromatic heterocycles. The molecule has 0 spiro atoms. The Hall–Kier alpha value is 0.444. The summed E-state index contributed by atoms with van der Waals surface area (Å²) in [6.45, 7) is 19.3. The number of hydrogen-bond donors (Lipinski definition) is 0. The fourth-order valence-electron chi connectivity index (χ4n) is 0.643. The largest absolute Gasteiger partial charge is 0.542 e. The van der Waals surface area contributed by atoms with Crippen molar-refractivity contribution in [2.75, 3.05) is 0 Å². The molecule has 0 heterocycles. The third-order valence-corrected chi connectivity index (χ3v) is 4.22. The predicted octanol–water partition coefficient (Wildman–Crippen LogP) is 5.89. The second kappa shape index (κ2) is 17.8. The van der Waals surface area contributed by atoms with E-state index in [1.165, 1.54) is 19.3 Å². The van der Waals surface area contributed by atoms with Crippen LogP contribution in [0.5, 0.6) is 0 Å². The molecule has 2 nitrogen and oxygen atoms in total. The van der Waals surface area contributed by atoms with Gasteiger partial charge in [-0.2, -0.15) is 11.8 Å². The molecule has 0 aliphatic carbocycles. The molecule has 0 amide bonds. The van der Waals surface area contributed by atoms with Gasteiger partial charge in [-0.3, -0.25) is 12.6 Å². The second-order valence-electron chi connectivity index (χ2n) is 7.01. The molecule has 1 atom stereocenters. The van der Waals surface area contributed by atoms with Gasteiger partial charge in [0.1, 0.15) is 0 Å². The summed E-state index contributed by atoms with van der Waals surface area (Å²) in [5.74, 6) is 0.884. The van der Waals surface area contributed by atoms with Crippen LogP contribution in [0.25, 0.3) is 0 Å². The summed E-state index contributed by atoms with van der Waals surface area (Å²) in [4.78, 5) is 20.0. The van der Waals surface area contributed by atoms with Gasteiger partial charge in [0.25, 0.3) is 0 Å². The van der Waals surface area contributed by atoms with Crippen molar-refractivity contribution in [3.05, 3.63) is 0 Å². The first-order valence-electron chi connectivity index (χ1n) is 8.32. The molecule has 0 aliphatic heterocycles. The van der Waals surface area contributed by atoms with E-state index >= 15 is 0 Å². The maximum atomic E-state index is 10.1. The van der Waals surface area contributed by atoms with E-state index < -0.39 is 5.41 Å². The van der Waals surface area contributed by atoms with Gasteiger partial charge in [0.05, 0.1) is 0 Å². The van der Waals surface area contributed by atoms with Crippen LogP contribution in [0.2, 0.25) is 0 Å². The molecule has 0 aromatic carbocycles. The Morgan fingerprint density at radius 3 is 1.27 bits per heavy atom. The van der Waals surface area contributed by atoms with E-state index in [-0.39, 0.29) is 39.1 Å². The predicted molar refractivity (Wildman–Crippen MR) is 93.9 cm³/mol. The van der Waals surface area contributed by atoms with Gasteiger partial charge in [-0.1, -0.05) is 88.0 Å². The van der Waals surface area contributed by atoms with Crippen LogP contribution in [0.4, 0.5) is 0 Å². The summed E-state index contributed by atoms with van der Waals surface area (Å²) < 4.78 is 0. The van der Waals surface area contributed by atoms with Crippen molar-refractivity contribution in [3.63, 3.8) is 0 Å². The summed E-state index contributed by atoms with van der Waals surface area (Å²) in [5, 5.41) is 0. The SMILES string of the molecule is CCC(C)(C)CC.CCC(C)([C-]=O)C[C-]=O.CCC(C)C.[Y]. The molecule has 0 rings (SSSR count). The van der Waals surface area contributed by atoms with E-state index in [9.17, 15) is 9.59 Å². The minimum Gasteiger partial charge on any atom is -0.542 e. The summed E-state index contributed by atoms with van der Waals surface area (Å²) in [6, 6.07) is 0. The van der Waals surface area contributed by atoms with Gasteiger partial charge in [0, 0.05) is 32.7 Å². The third-order valence-electron chi connectivity index (χ3n) is 4.22. The molecule has 0 saturated carbocycles. The van der Waals surface area contributed by atoms with Crippen LogP contribution in [0, 0.1) is 16.7 Å². The fraction of sp³-hybridized carbons (Fsp3) is 0.895. The monoisotopic (exact) mass is 387 g/mol. The zero-order valence-corrected chi connectivity index (χ0v) is 19.3. The van der Waals surface area contributed by atoms with E-state index in [0.717, 1.165) is 5.92 Å². The van der Waals surface area contributed by atoms with Gasteiger partial charge in [-0.05, 0) is 11.3 Å². The standard InChI is InChI=1S/C7H10O2.C7H16.C5H12.Y/c1-3-7(2,6-9)4-5-8;1-5-7(3,4)6-2;1-4-5(2)3;/h3-4H2,1-2H3;5-6H2,1-4H3;5H,4H2,1-3H3;/q-2;;;. The summed E-state index contributed by atoms with van der Waals surface area (Å²) in [6.07, 6.45) is 8.21. The first-order valence-corrected chi connectivity index (χ1v) is 8.32. The molecule has 0 aromatic rings. The van der Waals surface area contributed by atoms with E-state index in [0.29, 0.717) is 11.8 Å². The van der Waals surface area contributed by atoms with Gasteiger partial charge in [-0.15, -0.1) is 0 Å². The smallest absolute Gasteiger partial charge is 0 e. The molecule has 131 valence electrons. The van der Waals surface area contributed by atoms with Gasteiger partial charge in [-0.25, -0.2) is 0 Å². The molecule has 3 heteroatoms. The molecule has 0 N–H and O–H groups in total. The normalized spacial score (nSPS) is 12.6. The van der Waals surface area contributed by atoms with Crippen molar-refractivity contribution in [1.82, 2.24) is 0 Å². The number of carbonyl (C=O) groups excluding carboxylic acids is 2. The van der Waals surface area contributed by atoms with Gasteiger partial charge >= 0.3 is 0 Å². The molecule has 1 radical (unpaired) electrons.